The predicted molar refractivity (Wildman–Crippen MR) is 111 cm³/mol. The molecule has 0 saturated heterocycles. The van der Waals surface area contributed by atoms with Crippen LogP contribution in [0.1, 0.15) is 23.6 Å². The lowest BCUT2D eigenvalue weighted by molar-refractivity contribution is -0.885. The maximum absolute atomic E-state index is 12.1. The minimum Gasteiger partial charge on any atom is -0.494 e. The summed E-state index contributed by atoms with van der Waals surface area (Å²) < 4.78 is 5.43. The van der Waals surface area contributed by atoms with E-state index >= 15 is 0 Å². The van der Waals surface area contributed by atoms with Gasteiger partial charge in [-0.05, 0) is 62.2 Å². The number of benzene rings is 2. The first-order valence-electron chi connectivity index (χ1n) is 9.54. The normalized spacial score (nSPS) is 11.6. The number of aryl methyl sites for hydroxylation is 1. The lowest BCUT2D eigenvalue weighted by atomic mass is 10.1. The number of quaternary nitrogens is 1. The highest BCUT2D eigenvalue weighted by molar-refractivity contribution is 5.95. The van der Waals surface area contributed by atoms with Crippen molar-refractivity contribution < 1.29 is 19.2 Å². The van der Waals surface area contributed by atoms with Crippen LogP contribution in [0.3, 0.4) is 0 Å². The van der Waals surface area contributed by atoms with E-state index in [9.17, 15) is 9.59 Å². The zero-order valence-electron chi connectivity index (χ0n) is 17.1. The van der Waals surface area contributed by atoms with Gasteiger partial charge in [-0.25, -0.2) is 0 Å². The number of carbonyl (C=O) groups is 2. The molecular weight excluding hydrogens is 354 g/mol. The molecule has 28 heavy (non-hydrogen) atoms. The molecule has 150 valence electrons. The number of anilines is 1. The minimum atomic E-state index is -0.230. The zero-order valence-corrected chi connectivity index (χ0v) is 17.1. The van der Waals surface area contributed by atoms with Crippen molar-refractivity contribution in [2.75, 3.05) is 32.1 Å². The van der Waals surface area contributed by atoms with Crippen molar-refractivity contribution >= 4 is 17.5 Å². The molecule has 0 saturated carbocycles. The second-order valence-electron chi connectivity index (χ2n) is 6.96. The van der Waals surface area contributed by atoms with Crippen molar-refractivity contribution in [3.8, 4) is 5.75 Å². The summed E-state index contributed by atoms with van der Waals surface area (Å²) in [5.74, 6) is 0.460. The Morgan fingerprint density at radius 1 is 1.04 bits per heavy atom. The first-order chi connectivity index (χ1) is 13.4. The Balaban J connectivity index is 1.75. The summed E-state index contributed by atoms with van der Waals surface area (Å²) in [4.78, 5) is 25.3. The summed E-state index contributed by atoms with van der Waals surface area (Å²) >= 11 is 0. The highest BCUT2D eigenvalue weighted by atomic mass is 16.5. The van der Waals surface area contributed by atoms with E-state index in [4.69, 9.17) is 4.74 Å². The van der Waals surface area contributed by atoms with Crippen LogP contribution >= 0.6 is 0 Å². The maximum Gasteiger partial charge on any atom is 0.275 e. The number of rotatable bonds is 9. The van der Waals surface area contributed by atoms with Gasteiger partial charge in [0, 0.05) is 11.3 Å². The van der Waals surface area contributed by atoms with Crippen LogP contribution in [0.15, 0.2) is 42.5 Å². The van der Waals surface area contributed by atoms with E-state index in [1.807, 2.05) is 70.3 Å². The molecule has 3 N–H and O–H groups in total. The molecule has 1 unspecified atom stereocenters. The smallest absolute Gasteiger partial charge is 0.275 e. The summed E-state index contributed by atoms with van der Waals surface area (Å²) in [6, 6.07) is 13.6. The van der Waals surface area contributed by atoms with E-state index < -0.39 is 0 Å². The molecule has 0 spiro atoms. The SMILES string of the molecule is CCOc1ccc(C[NH+](C)CC(=O)NCC(=O)Nc2cccc(C)c2C)cc1. The van der Waals surface area contributed by atoms with Crippen LogP contribution in [0.2, 0.25) is 0 Å². The lowest BCUT2D eigenvalue weighted by Gasteiger charge is -2.15. The van der Waals surface area contributed by atoms with Gasteiger partial charge in [0.2, 0.25) is 5.91 Å². The fraction of sp³-hybridized carbons (Fsp3) is 0.364. The number of nitrogens with one attached hydrogen (secondary N) is 3. The Kier molecular flexibility index (Phi) is 8.02. The van der Waals surface area contributed by atoms with Gasteiger partial charge in [0.25, 0.3) is 5.91 Å². The third-order valence-electron chi connectivity index (χ3n) is 4.53. The third-order valence-corrected chi connectivity index (χ3v) is 4.53. The fourth-order valence-corrected chi connectivity index (χ4v) is 2.88. The Labute approximate surface area is 166 Å². The maximum atomic E-state index is 12.1. The molecule has 2 aromatic carbocycles. The van der Waals surface area contributed by atoms with Crippen LogP contribution in [-0.4, -0.2) is 38.6 Å². The van der Waals surface area contributed by atoms with E-state index in [0.29, 0.717) is 19.7 Å². The van der Waals surface area contributed by atoms with Gasteiger partial charge in [-0.1, -0.05) is 12.1 Å². The Morgan fingerprint density at radius 3 is 2.43 bits per heavy atom. The number of carbonyl (C=O) groups excluding carboxylic acids is 2. The van der Waals surface area contributed by atoms with E-state index in [-0.39, 0.29) is 18.4 Å². The number of likely N-dealkylation sites (N-methyl/N-ethyl adjacent to an activating group) is 1. The van der Waals surface area contributed by atoms with Crippen molar-refractivity contribution in [2.24, 2.45) is 0 Å². The molecule has 0 aliphatic heterocycles. The van der Waals surface area contributed by atoms with Crippen molar-refractivity contribution in [2.45, 2.75) is 27.3 Å². The average Bonchev–Trinajstić information content (AvgIpc) is 2.65. The molecule has 0 aromatic heterocycles. The summed E-state index contributed by atoms with van der Waals surface area (Å²) in [5.41, 5.74) is 4.04. The van der Waals surface area contributed by atoms with Crippen LogP contribution in [0.25, 0.3) is 0 Å². The molecule has 2 aromatic rings. The van der Waals surface area contributed by atoms with Gasteiger partial charge < -0.3 is 20.3 Å². The highest BCUT2D eigenvalue weighted by Gasteiger charge is 2.13. The van der Waals surface area contributed by atoms with E-state index in [2.05, 4.69) is 10.6 Å². The van der Waals surface area contributed by atoms with Gasteiger partial charge in [0.05, 0.1) is 20.2 Å². The monoisotopic (exact) mass is 384 g/mol. The molecule has 6 heteroatoms. The molecule has 6 nitrogen and oxygen atoms in total. The number of hydrogen-bond donors (Lipinski definition) is 3. The van der Waals surface area contributed by atoms with Gasteiger partial charge in [0.1, 0.15) is 12.3 Å². The van der Waals surface area contributed by atoms with Gasteiger partial charge in [0.15, 0.2) is 6.54 Å². The van der Waals surface area contributed by atoms with E-state index in [1.165, 1.54) is 0 Å². The van der Waals surface area contributed by atoms with Gasteiger partial charge in [-0.2, -0.15) is 0 Å². The number of amides is 2. The molecule has 0 bridgehead atoms. The molecular formula is C22H30N3O3+. The highest BCUT2D eigenvalue weighted by Crippen LogP contribution is 2.17. The van der Waals surface area contributed by atoms with Gasteiger partial charge in [-0.3, -0.25) is 9.59 Å². The second-order valence-corrected chi connectivity index (χ2v) is 6.96. The third kappa shape index (κ3) is 6.70. The molecule has 2 rings (SSSR count). The first kappa shape index (κ1) is 21.4. The lowest BCUT2D eigenvalue weighted by Crippen LogP contribution is -3.08. The topological polar surface area (TPSA) is 71.9 Å². The summed E-state index contributed by atoms with van der Waals surface area (Å²) in [7, 11) is 1.95. The zero-order chi connectivity index (χ0) is 20.5. The molecule has 1 atom stereocenters. The van der Waals surface area contributed by atoms with Crippen molar-refractivity contribution in [1.82, 2.24) is 5.32 Å². The molecule has 0 radical (unpaired) electrons. The molecule has 2 amide bonds. The molecule has 0 aliphatic carbocycles. The Morgan fingerprint density at radius 2 is 1.75 bits per heavy atom. The van der Waals surface area contributed by atoms with Crippen LogP contribution in [0.5, 0.6) is 5.75 Å². The largest absolute Gasteiger partial charge is 0.494 e. The molecule has 0 fully saturated rings. The van der Waals surface area contributed by atoms with Crippen LogP contribution in [0, 0.1) is 13.8 Å². The predicted octanol–water partition coefficient (Wildman–Crippen LogP) is 1.47. The van der Waals surface area contributed by atoms with Gasteiger partial charge >= 0.3 is 0 Å². The summed E-state index contributed by atoms with van der Waals surface area (Å²) in [5, 5.41) is 5.53. The van der Waals surface area contributed by atoms with Crippen LogP contribution in [-0.2, 0) is 16.1 Å². The summed E-state index contributed by atoms with van der Waals surface area (Å²) in [6.07, 6.45) is 0. The van der Waals surface area contributed by atoms with Crippen molar-refractivity contribution in [3.05, 3.63) is 59.2 Å². The van der Waals surface area contributed by atoms with Gasteiger partial charge in [-0.15, -0.1) is 0 Å². The summed E-state index contributed by atoms with van der Waals surface area (Å²) in [6.45, 7) is 7.52. The van der Waals surface area contributed by atoms with Crippen molar-refractivity contribution in [1.29, 1.82) is 0 Å². The fourth-order valence-electron chi connectivity index (χ4n) is 2.88. The second kappa shape index (κ2) is 10.5. The van der Waals surface area contributed by atoms with Crippen LogP contribution in [0.4, 0.5) is 5.69 Å². The van der Waals surface area contributed by atoms with Crippen LogP contribution < -0.4 is 20.3 Å². The standard InChI is InChI=1S/C22H29N3O3/c1-5-28-19-11-9-18(10-12-19)14-25(4)15-22(27)23-13-21(26)24-20-8-6-7-16(2)17(20)3/h6-12H,5,13-15H2,1-4H3,(H,23,27)(H,24,26)/p+1. The quantitative estimate of drug-likeness (QED) is 0.613. The Bertz CT molecular complexity index is 803. The first-order valence-corrected chi connectivity index (χ1v) is 9.54. The average molecular weight is 385 g/mol. The van der Waals surface area contributed by atoms with Crippen molar-refractivity contribution in [3.63, 3.8) is 0 Å². The van der Waals surface area contributed by atoms with E-state index in [0.717, 1.165) is 33.0 Å². The van der Waals surface area contributed by atoms with E-state index in [1.54, 1.807) is 0 Å². The molecule has 0 heterocycles. The molecule has 0 aliphatic rings. The minimum absolute atomic E-state index is 0.0391. The number of hydrogen-bond acceptors (Lipinski definition) is 3. The Hall–Kier alpha value is -2.86. The number of ether oxygens (including phenoxy) is 1.